The number of anilines is 1. The van der Waals surface area contributed by atoms with Gasteiger partial charge in [-0.05, 0) is 20.3 Å². The predicted octanol–water partition coefficient (Wildman–Crippen LogP) is 1.69. The van der Waals surface area contributed by atoms with Crippen molar-refractivity contribution in [3.8, 4) is 11.6 Å². The minimum absolute atomic E-state index is 0.106. The first-order valence-electron chi connectivity index (χ1n) is 6.67. The second-order valence-corrected chi connectivity index (χ2v) is 4.71. The maximum atomic E-state index is 5.61. The van der Waals surface area contributed by atoms with Crippen molar-refractivity contribution in [1.29, 1.82) is 0 Å². The molecule has 2 rings (SSSR count). The highest BCUT2D eigenvalue weighted by Crippen LogP contribution is 2.21. The van der Waals surface area contributed by atoms with Gasteiger partial charge in [0.25, 0.3) is 0 Å². The lowest BCUT2D eigenvalue weighted by Crippen LogP contribution is -2.14. The van der Waals surface area contributed by atoms with E-state index in [1.54, 1.807) is 10.9 Å². The molecule has 2 aromatic rings. The van der Waals surface area contributed by atoms with Crippen molar-refractivity contribution in [3.63, 3.8) is 0 Å². The molecule has 3 N–H and O–H groups in total. The highest BCUT2D eigenvalue weighted by atomic mass is 16.5. The van der Waals surface area contributed by atoms with E-state index in [2.05, 4.69) is 27.4 Å². The van der Waals surface area contributed by atoms with Gasteiger partial charge in [-0.3, -0.25) is 0 Å². The van der Waals surface area contributed by atoms with Crippen LogP contribution in [0.25, 0.3) is 5.82 Å². The zero-order valence-electron chi connectivity index (χ0n) is 12.0. The van der Waals surface area contributed by atoms with Crippen LogP contribution >= 0.6 is 0 Å². The molecule has 2 aromatic heterocycles. The van der Waals surface area contributed by atoms with Gasteiger partial charge in [0.1, 0.15) is 12.1 Å². The Labute approximate surface area is 118 Å². The molecule has 0 spiro atoms. The van der Waals surface area contributed by atoms with Gasteiger partial charge in [-0.25, -0.2) is 20.5 Å². The molecule has 0 aromatic carbocycles. The van der Waals surface area contributed by atoms with Crippen molar-refractivity contribution in [3.05, 3.63) is 24.3 Å². The first-order chi connectivity index (χ1) is 9.65. The molecule has 0 bridgehead atoms. The van der Waals surface area contributed by atoms with Gasteiger partial charge in [-0.1, -0.05) is 13.3 Å². The third-order valence-corrected chi connectivity index (χ3v) is 2.71. The van der Waals surface area contributed by atoms with Gasteiger partial charge >= 0.3 is 0 Å². The van der Waals surface area contributed by atoms with E-state index >= 15 is 0 Å². The van der Waals surface area contributed by atoms with Crippen molar-refractivity contribution in [2.75, 3.05) is 5.43 Å². The second-order valence-electron chi connectivity index (χ2n) is 4.71. The summed E-state index contributed by atoms with van der Waals surface area (Å²) in [5.41, 5.74) is 3.55. The Balaban J connectivity index is 2.38. The van der Waals surface area contributed by atoms with Crippen LogP contribution in [0.5, 0.6) is 5.75 Å². The average Bonchev–Trinajstić information content (AvgIpc) is 2.86. The smallest absolute Gasteiger partial charge is 0.162 e. The number of hydrogen-bond acceptors (Lipinski definition) is 6. The Morgan fingerprint density at radius 1 is 1.40 bits per heavy atom. The van der Waals surface area contributed by atoms with E-state index in [4.69, 9.17) is 10.6 Å². The standard InChI is InChI=1S/C13H20N6O/c1-4-5-11-12(18-14)15-8-16-13(11)19-7-10(6-17-19)20-9(2)3/h6-9H,4-5,14H2,1-3H3,(H,15,16,18). The van der Waals surface area contributed by atoms with Crippen molar-refractivity contribution < 1.29 is 4.74 Å². The number of aromatic nitrogens is 4. The summed E-state index contributed by atoms with van der Waals surface area (Å²) in [5.74, 6) is 7.56. The first-order valence-corrected chi connectivity index (χ1v) is 6.67. The summed E-state index contributed by atoms with van der Waals surface area (Å²) in [6, 6.07) is 0. The topological polar surface area (TPSA) is 90.9 Å². The number of nitrogens with one attached hydrogen (secondary N) is 1. The number of hydrogen-bond donors (Lipinski definition) is 2. The van der Waals surface area contributed by atoms with Crippen LogP contribution in [0.2, 0.25) is 0 Å². The Morgan fingerprint density at radius 3 is 2.85 bits per heavy atom. The van der Waals surface area contributed by atoms with E-state index < -0.39 is 0 Å². The number of hydrazine groups is 1. The minimum atomic E-state index is 0.106. The van der Waals surface area contributed by atoms with Crippen molar-refractivity contribution in [2.45, 2.75) is 39.7 Å². The lowest BCUT2D eigenvalue weighted by molar-refractivity contribution is 0.242. The monoisotopic (exact) mass is 276 g/mol. The first kappa shape index (κ1) is 14.3. The Hall–Kier alpha value is -2.15. The van der Waals surface area contributed by atoms with Crippen LogP contribution in [-0.4, -0.2) is 25.9 Å². The fourth-order valence-electron chi connectivity index (χ4n) is 1.96. The number of nitrogens with zero attached hydrogens (tertiary/aromatic N) is 4. The molecule has 108 valence electrons. The molecule has 0 saturated heterocycles. The van der Waals surface area contributed by atoms with E-state index in [-0.39, 0.29) is 6.10 Å². The van der Waals surface area contributed by atoms with E-state index in [0.29, 0.717) is 17.4 Å². The molecule has 0 aliphatic heterocycles. The molecule has 0 atom stereocenters. The normalized spacial score (nSPS) is 10.8. The molecular formula is C13H20N6O. The lowest BCUT2D eigenvalue weighted by Gasteiger charge is -2.11. The molecule has 0 aliphatic carbocycles. The van der Waals surface area contributed by atoms with Crippen LogP contribution in [0.1, 0.15) is 32.8 Å². The highest BCUT2D eigenvalue weighted by molar-refractivity contribution is 5.51. The molecule has 0 amide bonds. The molecule has 2 heterocycles. The maximum absolute atomic E-state index is 5.61. The summed E-state index contributed by atoms with van der Waals surface area (Å²) in [7, 11) is 0. The second kappa shape index (κ2) is 6.33. The van der Waals surface area contributed by atoms with Crippen molar-refractivity contribution in [2.24, 2.45) is 5.84 Å². The quantitative estimate of drug-likeness (QED) is 0.616. The molecule has 0 unspecified atom stereocenters. The SMILES string of the molecule is CCCc1c(NN)ncnc1-n1cc(OC(C)C)cn1. The minimum Gasteiger partial charge on any atom is -0.488 e. The zero-order chi connectivity index (χ0) is 14.5. The maximum Gasteiger partial charge on any atom is 0.162 e. The van der Waals surface area contributed by atoms with Crippen LogP contribution in [0, 0.1) is 0 Å². The van der Waals surface area contributed by atoms with Gasteiger partial charge in [-0.15, -0.1) is 0 Å². The lowest BCUT2D eigenvalue weighted by atomic mass is 10.1. The van der Waals surface area contributed by atoms with Crippen LogP contribution in [0.3, 0.4) is 0 Å². The highest BCUT2D eigenvalue weighted by Gasteiger charge is 2.13. The number of nitrogen functional groups attached to an aromatic ring is 1. The number of rotatable bonds is 6. The zero-order valence-corrected chi connectivity index (χ0v) is 12.0. The van der Waals surface area contributed by atoms with Gasteiger partial charge in [0.05, 0.1) is 18.5 Å². The van der Waals surface area contributed by atoms with Crippen LogP contribution in [-0.2, 0) is 6.42 Å². The summed E-state index contributed by atoms with van der Waals surface area (Å²) >= 11 is 0. The summed E-state index contributed by atoms with van der Waals surface area (Å²) in [5, 5.41) is 4.29. The largest absolute Gasteiger partial charge is 0.488 e. The van der Waals surface area contributed by atoms with Crippen molar-refractivity contribution >= 4 is 5.82 Å². The van der Waals surface area contributed by atoms with Gasteiger partial charge in [0, 0.05) is 5.56 Å². The van der Waals surface area contributed by atoms with Gasteiger partial charge < -0.3 is 10.2 Å². The molecule has 0 radical (unpaired) electrons. The Morgan fingerprint density at radius 2 is 2.20 bits per heavy atom. The predicted molar refractivity (Wildman–Crippen MR) is 76.7 cm³/mol. The molecule has 0 saturated carbocycles. The molecule has 20 heavy (non-hydrogen) atoms. The third kappa shape index (κ3) is 3.05. The summed E-state index contributed by atoms with van der Waals surface area (Å²) in [6.07, 6.45) is 6.83. The van der Waals surface area contributed by atoms with Gasteiger partial charge in [0.2, 0.25) is 0 Å². The van der Waals surface area contributed by atoms with Crippen LogP contribution < -0.4 is 16.0 Å². The Bertz CT molecular complexity index is 566. The molecule has 0 fully saturated rings. The van der Waals surface area contributed by atoms with Crippen LogP contribution in [0.15, 0.2) is 18.7 Å². The van der Waals surface area contributed by atoms with Crippen molar-refractivity contribution in [1.82, 2.24) is 19.7 Å². The fourth-order valence-corrected chi connectivity index (χ4v) is 1.96. The van der Waals surface area contributed by atoms with E-state index in [1.165, 1.54) is 6.33 Å². The summed E-state index contributed by atoms with van der Waals surface area (Å²) < 4.78 is 7.29. The molecule has 0 aliphatic rings. The van der Waals surface area contributed by atoms with E-state index in [9.17, 15) is 0 Å². The third-order valence-electron chi connectivity index (χ3n) is 2.71. The summed E-state index contributed by atoms with van der Waals surface area (Å²) in [4.78, 5) is 8.44. The Kier molecular flexibility index (Phi) is 4.52. The molecular weight excluding hydrogens is 256 g/mol. The van der Waals surface area contributed by atoms with Crippen LogP contribution in [0.4, 0.5) is 5.82 Å². The molecule has 7 nitrogen and oxygen atoms in total. The molecule has 7 heteroatoms. The average molecular weight is 276 g/mol. The fraction of sp³-hybridized carbons (Fsp3) is 0.462. The van der Waals surface area contributed by atoms with E-state index in [1.807, 2.05) is 20.0 Å². The van der Waals surface area contributed by atoms with Gasteiger partial charge in [0.15, 0.2) is 11.6 Å². The van der Waals surface area contributed by atoms with E-state index in [0.717, 1.165) is 18.4 Å². The number of ether oxygens (including phenoxy) is 1. The van der Waals surface area contributed by atoms with Gasteiger partial charge in [-0.2, -0.15) is 5.10 Å². The summed E-state index contributed by atoms with van der Waals surface area (Å²) in [6.45, 7) is 6.04. The number of nitrogens with two attached hydrogens (primary N) is 1.